The van der Waals surface area contributed by atoms with Gasteiger partial charge in [0.15, 0.2) is 0 Å². The molecule has 0 unspecified atom stereocenters. The molecular formula is CHN3O. The summed E-state index contributed by atoms with van der Waals surface area (Å²) < 4.78 is 0. The predicted molar refractivity (Wildman–Crippen MR) is 11.8 cm³/mol. The number of nitrogens with zero attached hydrogens (tertiary/aromatic N) is 3. The summed E-state index contributed by atoms with van der Waals surface area (Å²) in [4.78, 5) is 0. The molecule has 0 aliphatic rings. The highest BCUT2D eigenvalue weighted by atomic mass is 16.4. The van der Waals surface area contributed by atoms with E-state index in [4.69, 9.17) is 5.21 Å². The number of rotatable bonds is 0. The van der Waals surface area contributed by atoms with Gasteiger partial charge in [-0.25, -0.2) is 0 Å². The fourth-order valence-corrected chi connectivity index (χ4v) is 0.0624. The molecule has 4 heteroatoms. The smallest absolute Gasteiger partial charge is 0.323 e. The lowest BCUT2D eigenvalue weighted by Gasteiger charge is -1.44. The van der Waals surface area contributed by atoms with Crippen LogP contribution in [0.15, 0.2) is 5.16 Å². The monoisotopic (exact) mass is 71.0 g/mol. The molecule has 1 rings (SSSR count). The maximum Gasteiger partial charge on any atom is 0.323 e. The SMILES string of the molecule is ON=c1nn1. The second-order valence-corrected chi connectivity index (χ2v) is 0.600. The first-order valence-electron chi connectivity index (χ1n) is 1.07. The van der Waals surface area contributed by atoms with Crippen molar-refractivity contribution in [3.8, 4) is 0 Å². The Hall–Kier alpha value is -0.930. The molecule has 1 heterocycles. The first-order chi connectivity index (χ1) is 2.43. The maximum absolute atomic E-state index is 7.61. The van der Waals surface area contributed by atoms with E-state index in [9.17, 15) is 0 Å². The second-order valence-electron chi connectivity index (χ2n) is 0.600. The predicted octanol–water partition coefficient (Wildman–Crippen LogP) is -1.36. The Morgan fingerprint density at radius 2 is 2.20 bits per heavy atom. The maximum atomic E-state index is 7.61. The van der Waals surface area contributed by atoms with E-state index >= 15 is 0 Å². The van der Waals surface area contributed by atoms with Gasteiger partial charge in [-0.05, 0) is 5.16 Å². The van der Waals surface area contributed by atoms with Crippen molar-refractivity contribution in [2.24, 2.45) is 5.16 Å². The van der Waals surface area contributed by atoms with E-state index < -0.39 is 0 Å². The van der Waals surface area contributed by atoms with Crippen LogP contribution in [0.1, 0.15) is 0 Å². The lowest BCUT2D eigenvalue weighted by atomic mass is 11.4. The van der Waals surface area contributed by atoms with Gasteiger partial charge in [0.25, 0.3) is 0 Å². The van der Waals surface area contributed by atoms with Gasteiger partial charge in [-0.3, -0.25) is 0 Å². The van der Waals surface area contributed by atoms with Crippen LogP contribution >= 0.6 is 0 Å². The van der Waals surface area contributed by atoms with Crippen molar-refractivity contribution in [1.82, 2.24) is 10.2 Å². The lowest BCUT2D eigenvalue weighted by Crippen LogP contribution is -1.79. The summed E-state index contributed by atoms with van der Waals surface area (Å²) >= 11 is 0. The third kappa shape index (κ3) is 0.212. The average Bonchev–Trinajstić information content (AvgIpc) is 2.12. The molecule has 4 nitrogen and oxygen atoms in total. The third-order valence-corrected chi connectivity index (χ3v) is 0.279. The van der Waals surface area contributed by atoms with Gasteiger partial charge in [-0.15, -0.1) is 10.2 Å². The molecule has 0 atom stereocenters. The third-order valence-electron chi connectivity index (χ3n) is 0.279. The molecule has 0 saturated heterocycles. The Morgan fingerprint density at radius 1 is 1.60 bits per heavy atom. The van der Waals surface area contributed by atoms with Crippen molar-refractivity contribution in [3.05, 3.63) is 5.62 Å². The fourth-order valence-electron chi connectivity index (χ4n) is 0.0624. The first-order valence-corrected chi connectivity index (χ1v) is 1.07. The van der Waals surface area contributed by atoms with Crippen molar-refractivity contribution in [2.45, 2.75) is 0 Å². The van der Waals surface area contributed by atoms with Crippen LogP contribution in [-0.4, -0.2) is 15.4 Å². The number of aromatic nitrogens is 2. The summed E-state index contributed by atoms with van der Waals surface area (Å²) in [6, 6.07) is 0. The Labute approximate surface area is 27.5 Å². The van der Waals surface area contributed by atoms with E-state index in [0.717, 1.165) is 0 Å². The van der Waals surface area contributed by atoms with E-state index in [0.29, 0.717) is 0 Å². The van der Waals surface area contributed by atoms with E-state index in [1.807, 2.05) is 0 Å². The van der Waals surface area contributed by atoms with E-state index in [1.54, 1.807) is 0 Å². The topological polar surface area (TPSA) is 58.4 Å². The average molecular weight is 71.0 g/mol. The van der Waals surface area contributed by atoms with Crippen LogP contribution in [0.25, 0.3) is 0 Å². The van der Waals surface area contributed by atoms with Gasteiger partial charge in [-0.1, -0.05) is 0 Å². The summed E-state index contributed by atoms with van der Waals surface area (Å²) in [6.45, 7) is 0. The molecule has 0 saturated carbocycles. The summed E-state index contributed by atoms with van der Waals surface area (Å²) in [7, 11) is 0. The summed E-state index contributed by atoms with van der Waals surface area (Å²) in [5.74, 6) is 0. The normalized spacial score (nSPS) is 8.80. The van der Waals surface area contributed by atoms with Crippen molar-refractivity contribution in [2.75, 3.05) is 0 Å². The minimum absolute atomic E-state index is 0.185. The van der Waals surface area contributed by atoms with Gasteiger partial charge < -0.3 is 5.21 Å². The molecule has 0 spiro atoms. The van der Waals surface area contributed by atoms with Crippen LogP contribution in [0.4, 0.5) is 0 Å². The van der Waals surface area contributed by atoms with Gasteiger partial charge in [0.2, 0.25) is 0 Å². The van der Waals surface area contributed by atoms with Gasteiger partial charge in [-0.2, -0.15) is 0 Å². The molecule has 0 aliphatic heterocycles. The van der Waals surface area contributed by atoms with Crippen LogP contribution < -0.4 is 5.62 Å². The van der Waals surface area contributed by atoms with Crippen LogP contribution in [-0.2, 0) is 0 Å². The van der Waals surface area contributed by atoms with E-state index in [1.165, 1.54) is 0 Å². The Bertz CT molecular complexity index is 115. The molecule has 0 amide bonds. The van der Waals surface area contributed by atoms with Crippen molar-refractivity contribution < 1.29 is 5.21 Å². The van der Waals surface area contributed by atoms with E-state index in [-0.39, 0.29) is 5.62 Å². The molecule has 0 fully saturated rings. The molecule has 1 aromatic heterocycles. The Kier molecular flexibility index (Phi) is 0.237. The highest BCUT2D eigenvalue weighted by molar-refractivity contribution is 4.40. The molecule has 0 aliphatic carbocycles. The largest absolute Gasteiger partial charge is 0.408 e. The van der Waals surface area contributed by atoms with Crippen LogP contribution in [0, 0.1) is 0 Å². The molecule has 1 N–H and O–H groups in total. The molecule has 5 heavy (non-hydrogen) atoms. The van der Waals surface area contributed by atoms with Gasteiger partial charge in [0, 0.05) is 0 Å². The highest BCUT2D eigenvalue weighted by Gasteiger charge is 1.85. The molecular weight excluding hydrogens is 70.0 g/mol. The second kappa shape index (κ2) is 0.512. The standard InChI is InChI=1S/CHN3O/c5-4-1-2-3-1/h5H. The Balaban J connectivity index is 2.99. The zero-order valence-electron chi connectivity index (χ0n) is 2.29. The molecule has 1 aromatic rings. The zero-order valence-corrected chi connectivity index (χ0v) is 2.29. The number of hydrogen-bond acceptors (Lipinski definition) is 4. The van der Waals surface area contributed by atoms with E-state index in [2.05, 4.69) is 15.4 Å². The minimum atomic E-state index is 0.185. The van der Waals surface area contributed by atoms with Crippen molar-refractivity contribution in [1.29, 1.82) is 0 Å². The first kappa shape index (κ1) is 2.32. The van der Waals surface area contributed by atoms with Crippen LogP contribution in [0.3, 0.4) is 0 Å². The summed E-state index contributed by atoms with van der Waals surface area (Å²) in [6.07, 6.45) is 0. The van der Waals surface area contributed by atoms with Crippen LogP contribution in [0.2, 0.25) is 0 Å². The zero-order chi connectivity index (χ0) is 3.70. The van der Waals surface area contributed by atoms with Crippen LogP contribution in [0.5, 0.6) is 0 Å². The summed E-state index contributed by atoms with van der Waals surface area (Å²) in [5, 5.41) is 16.5. The Morgan fingerprint density at radius 3 is 2.20 bits per heavy atom. The molecule has 0 bridgehead atoms. The lowest BCUT2D eigenvalue weighted by molar-refractivity contribution is 0.301. The van der Waals surface area contributed by atoms with Crippen molar-refractivity contribution >= 4 is 0 Å². The minimum Gasteiger partial charge on any atom is -0.408 e. The summed E-state index contributed by atoms with van der Waals surface area (Å²) in [5.41, 5.74) is 0.185. The van der Waals surface area contributed by atoms with Gasteiger partial charge in [0.05, 0.1) is 0 Å². The molecule has 0 radical (unpaired) electrons. The van der Waals surface area contributed by atoms with Gasteiger partial charge >= 0.3 is 5.62 Å². The molecule has 0 aromatic carbocycles. The van der Waals surface area contributed by atoms with Gasteiger partial charge in [0.1, 0.15) is 0 Å². The highest BCUT2D eigenvalue weighted by Crippen LogP contribution is 1.41. The number of hydrogen-bond donors (Lipinski definition) is 1. The fraction of sp³-hybridized carbons (Fsp3) is 0. The molecule has 26 valence electrons. The van der Waals surface area contributed by atoms with Crippen molar-refractivity contribution in [3.63, 3.8) is 0 Å². The quantitative estimate of drug-likeness (QED) is 0.303.